The van der Waals surface area contributed by atoms with Crippen LogP contribution in [0.1, 0.15) is 22.8 Å². The Labute approximate surface area is 114 Å². The lowest BCUT2D eigenvalue weighted by atomic mass is 10.2. The molecule has 1 aromatic heterocycles. The second-order valence-corrected chi connectivity index (χ2v) is 4.30. The third kappa shape index (κ3) is 3.32. The van der Waals surface area contributed by atoms with Crippen molar-refractivity contribution >= 4 is 17.6 Å². The molecule has 0 saturated carbocycles. The number of hydrogen-bond donors (Lipinski definition) is 0. The fraction of sp³-hybridized carbons (Fsp3) is 0.231. The minimum absolute atomic E-state index is 0.0800. The zero-order valence-electron chi connectivity index (χ0n) is 10.3. The van der Waals surface area contributed by atoms with E-state index >= 15 is 0 Å². The van der Waals surface area contributed by atoms with Crippen molar-refractivity contribution in [3.8, 4) is 0 Å². The van der Waals surface area contributed by atoms with Gasteiger partial charge < -0.3 is 4.74 Å². The summed E-state index contributed by atoms with van der Waals surface area (Å²) in [4.78, 5) is 11.5. The Morgan fingerprint density at radius 1 is 1.53 bits per heavy atom. The number of carbonyl (C=O) groups excluding carboxylic acids is 1. The van der Waals surface area contributed by atoms with E-state index in [1.54, 1.807) is 19.2 Å². The summed E-state index contributed by atoms with van der Waals surface area (Å²) < 4.78 is 19.7. The van der Waals surface area contributed by atoms with Gasteiger partial charge in [-0.1, -0.05) is 17.7 Å². The quantitative estimate of drug-likeness (QED) is 0.810. The number of hydrogen-bond acceptors (Lipinski definition) is 3. The standard InChI is InChI=1S/C13H12ClFN2O2/c1-2-19-13(18)10-6-16-17(8-10)7-9-3-4-11(14)12(15)5-9/h3-6,8H,2,7H2,1H3. The molecule has 0 fully saturated rings. The van der Waals surface area contributed by atoms with E-state index in [2.05, 4.69) is 5.10 Å². The SMILES string of the molecule is CCOC(=O)c1cnn(Cc2ccc(Cl)c(F)c2)c1. The first-order valence-electron chi connectivity index (χ1n) is 5.73. The fourth-order valence-corrected chi connectivity index (χ4v) is 1.71. The predicted molar refractivity (Wildman–Crippen MR) is 68.7 cm³/mol. The molecule has 2 rings (SSSR count). The van der Waals surface area contributed by atoms with Gasteiger partial charge >= 0.3 is 5.97 Å². The molecule has 0 aliphatic carbocycles. The van der Waals surface area contributed by atoms with Crippen LogP contribution in [-0.4, -0.2) is 22.4 Å². The van der Waals surface area contributed by atoms with Crippen LogP contribution < -0.4 is 0 Å². The van der Waals surface area contributed by atoms with Crippen LogP contribution in [0.4, 0.5) is 4.39 Å². The summed E-state index contributed by atoms with van der Waals surface area (Å²) >= 11 is 5.61. The third-order valence-corrected chi connectivity index (χ3v) is 2.78. The Balaban J connectivity index is 2.11. The zero-order chi connectivity index (χ0) is 13.8. The molecule has 0 unspecified atom stereocenters. The Morgan fingerprint density at radius 3 is 3.00 bits per heavy atom. The summed E-state index contributed by atoms with van der Waals surface area (Å²) in [6, 6.07) is 4.53. The molecule has 0 saturated heterocycles. The molecule has 0 atom stereocenters. The molecule has 0 N–H and O–H groups in total. The molecule has 6 heteroatoms. The van der Waals surface area contributed by atoms with Gasteiger partial charge in [-0.05, 0) is 24.6 Å². The molecule has 2 aromatic rings. The molecule has 0 aliphatic heterocycles. The third-order valence-electron chi connectivity index (χ3n) is 2.47. The average Bonchev–Trinajstić information content (AvgIpc) is 2.83. The van der Waals surface area contributed by atoms with Crippen LogP contribution in [0, 0.1) is 5.82 Å². The smallest absolute Gasteiger partial charge is 0.341 e. The largest absolute Gasteiger partial charge is 0.462 e. The van der Waals surface area contributed by atoms with Gasteiger partial charge in [0.1, 0.15) is 5.82 Å². The molecule has 0 radical (unpaired) electrons. The second-order valence-electron chi connectivity index (χ2n) is 3.90. The highest BCUT2D eigenvalue weighted by Gasteiger charge is 2.09. The Hall–Kier alpha value is -1.88. The lowest BCUT2D eigenvalue weighted by Crippen LogP contribution is -2.04. The van der Waals surface area contributed by atoms with E-state index < -0.39 is 11.8 Å². The van der Waals surface area contributed by atoms with Gasteiger partial charge in [0.15, 0.2) is 0 Å². The first-order valence-corrected chi connectivity index (χ1v) is 6.11. The van der Waals surface area contributed by atoms with E-state index in [9.17, 15) is 9.18 Å². The summed E-state index contributed by atoms with van der Waals surface area (Å²) in [7, 11) is 0. The molecule has 1 heterocycles. The highest BCUT2D eigenvalue weighted by molar-refractivity contribution is 6.30. The van der Waals surface area contributed by atoms with Gasteiger partial charge in [0, 0.05) is 6.20 Å². The second kappa shape index (κ2) is 5.84. The van der Waals surface area contributed by atoms with Gasteiger partial charge in [0.2, 0.25) is 0 Å². The summed E-state index contributed by atoms with van der Waals surface area (Å²) in [5, 5.41) is 4.11. The number of rotatable bonds is 4. The molecule has 100 valence electrons. The van der Waals surface area contributed by atoms with Gasteiger partial charge in [0.25, 0.3) is 0 Å². The maximum absolute atomic E-state index is 13.3. The highest BCUT2D eigenvalue weighted by atomic mass is 35.5. The number of aromatic nitrogens is 2. The molecule has 1 aromatic carbocycles. The molecule has 0 spiro atoms. The molecular formula is C13H12ClFN2O2. The topological polar surface area (TPSA) is 44.1 Å². The zero-order valence-corrected chi connectivity index (χ0v) is 11.0. The van der Waals surface area contributed by atoms with Crippen LogP contribution in [0.2, 0.25) is 5.02 Å². The van der Waals surface area contributed by atoms with E-state index in [4.69, 9.17) is 16.3 Å². The molecule has 4 nitrogen and oxygen atoms in total. The van der Waals surface area contributed by atoms with E-state index in [0.29, 0.717) is 24.3 Å². The number of esters is 1. The normalized spacial score (nSPS) is 10.5. The van der Waals surface area contributed by atoms with Crippen molar-refractivity contribution in [2.45, 2.75) is 13.5 Å². The average molecular weight is 283 g/mol. The maximum Gasteiger partial charge on any atom is 0.341 e. The molecule has 0 bridgehead atoms. The van der Waals surface area contributed by atoms with Crippen molar-refractivity contribution in [2.75, 3.05) is 6.61 Å². The predicted octanol–water partition coefficient (Wildman–Crippen LogP) is 2.90. The monoisotopic (exact) mass is 282 g/mol. The van der Waals surface area contributed by atoms with Crippen LogP contribution in [-0.2, 0) is 11.3 Å². The minimum atomic E-state index is -0.475. The first kappa shape index (κ1) is 13.5. The van der Waals surface area contributed by atoms with Crippen LogP contribution in [0.25, 0.3) is 0 Å². The first-order chi connectivity index (χ1) is 9.10. The van der Waals surface area contributed by atoms with E-state index in [0.717, 1.165) is 0 Å². The van der Waals surface area contributed by atoms with Crippen molar-refractivity contribution < 1.29 is 13.9 Å². The Kier molecular flexibility index (Phi) is 4.16. The molecular weight excluding hydrogens is 271 g/mol. The maximum atomic E-state index is 13.3. The van der Waals surface area contributed by atoms with Gasteiger partial charge in [-0.15, -0.1) is 0 Å². The number of nitrogens with zero attached hydrogens (tertiary/aromatic N) is 2. The number of benzene rings is 1. The van der Waals surface area contributed by atoms with E-state index in [1.807, 2.05) is 0 Å². The molecule has 0 amide bonds. The lowest BCUT2D eigenvalue weighted by Gasteiger charge is -2.03. The summed E-state index contributed by atoms with van der Waals surface area (Å²) in [5.74, 6) is -0.895. The van der Waals surface area contributed by atoms with Gasteiger partial charge in [-0.2, -0.15) is 5.10 Å². The molecule has 0 aliphatic rings. The number of ether oxygens (including phenoxy) is 1. The van der Waals surface area contributed by atoms with Gasteiger partial charge in [0.05, 0.1) is 29.9 Å². The lowest BCUT2D eigenvalue weighted by molar-refractivity contribution is 0.0526. The van der Waals surface area contributed by atoms with Crippen molar-refractivity contribution in [1.29, 1.82) is 0 Å². The van der Waals surface area contributed by atoms with Crippen molar-refractivity contribution in [2.24, 2.45) is 0 Å². The van der Waals surface area contributed by atoms with Gasteiger partial charge in [-0.25, -0.2) is 9.18 Å². The van der Waals surface area contributed by atoms with Crippen LogP contribution in [0.3, 0.4) is 0 Å². The fourth-order valence-electron chi connectivity index (χ4n) is 1.59. The summed E-state index contributed by atoms with van der Waals surface area (Å²) in [6.07, 6.45) is 2.98. The van der Waals surface area contributed by atoms with Crippen LogP contribution in [0.5, 0.6) is 0 Å². The number of carbonyl (C=O) groups is 1. The van der Waals surface area contributed by atoms with Crippen molar-refractivity contribution in [3.63, 3.8) is 0 Å². The van der Waals surface area contributed by atoms with E-state index in [-0.39, 0.29) is 5.02 Å². The van der Waals surface area contributed by atoms with E-state index in [1.165, 1.54) is 23.0 Å². The highest BCUT2D eigenvalue weighted by Crippen LogP contribution is 2.16. The van der Waals surface area contributed by atoms with Crippen molar-refractivity contribution in [3.05, 3.63) is 52.6 Å². The van der Waals surface area contributed by atoms with Crippen LogP contribution >= 0.6 is 11.6 Å². The molecule has 19 heavy (non-hydrogen) atoms. The van der Waals surface area contributed by atoms with Crippen LogP contribution in [0.15, 0.2) is 30.6 Å². The Morgan fingerprint density at radius 2 is 2.32 bits per heavy atom. The summed E-state index contributed by atoms with van der Waals surface area (Å²) in [5.41, 5.74) is 1.08. The van der Waals surface area contributed by atoms with Crippen molar-refractivity contribution in [1.82, 2.24) is 9.78 Å². The summed E-state index contributed by atoms with van der Waals surface area (Å²) in [6.45, 7) is 2.40. The van der Waals surface area contributed by atoms with Gasteiger partial charge in [-0.3, -0.25) is 4.68 Å². The Bertz CT molecular complexity index is 598. The minimum Gasteiger partial charge on any atom is -0.462 e. The number of halogens is 2.